The molecule has 2 heterocycles. The molecule has 1 fully saturated rings. The molecule has 2 N–H and O–H groups in total. The van der Waals surface area contributed by atoms with Gasteiger partial charge < -0.3 is 10.1 Å². The molecule has 2 aromatic rings. The van der Waals surface area contributed by atoms with Crippen LogP contribution in [0.15, 0.2) is 18.2 Å². The molecule has 1 aromatic heterocycles. The van der Waals surface area contributed by atoms with E-state index < -0.39 is 6.17 Å². The first kappa shape index (κ1) is 17.1. The highest BCUT2D eigenvalue weighted by Crippen LogP contribution is 2.28. The first-order valence-electron chi connectivity index (χ1n) is 7.85. The largest absolute Gasteiger partial charge is 0.495 e. The van der Waals surface area contributed by atoms with Gasteiger partial charge in [-0.25, -0.2) is 9.37 Å². The third-order valence-electron chi connectivity index (χ3n) is 4.06. The average molecular weight is 354 g/mol. The van der Waals surface area contributed by atoms with Crippen LogP contribution >= 0.6 is 11.6 Å². The first-order chi connectivity index (χ1) is 11.6. The summed E-state index contributed by atoms with van der Waals surface area (Å²) in [5.41, 5.74) is 0.982. The summed E-state index contributed by atoms with van der Waals surface area (Å²) in [6.07, 6.45) is -0.401. The van der Waals surface area contributed by atoms with E-state index in [9.17, 15) is 4.39 Å². The number of hydrogen-bond donors (Lipinski definition) is 2. The summed E-state index contributed by atoms with van der Waals surface area (Å²) in [6, 6.07) is 5.61. The quantitative estimate of drug-likeness (QED) is 0.835. The first-order valence-corrected chi connectivity index (χ1v) is 8.23. The fraction of sp³-hybridized carbons (Fsp3) is 0.500. The Morgan fingerprint density at radius 2 is 2.25 bits per heavy atom. The van der Waals surface area contributed by atoms with Gasteiger partial charge >= 0.3 is 0 Å². The van der Waals surface area contributed by atoms with Crippen molar-refractivity contribution >= 4 is 11.6 Å². The summed E-state index contributed by atoms with van der Waals surface area (Å²) in [5.74, 6) is 2.03. The highest BCUT2D eigenvalue weighted by atomic mass is 35.5. The standard InChI is InChI=1S/C16H21ClFN5O/c1-23(8-10-4-3-5-13(24-2)15(10)17)9-14-20-16(22-21-14)12-6-11(18)7-19-12/h3-5,11-12,19H,6-9H2,1-2H3,(H,20,21,22)/t11-,12+/m0/s1. The van der Waals surface area contributed by atoms with Crippen LogP contribution in [0.3, 0.4) is 0 Å². The van der Waals surface area contributed by atoms with Crippen molar-refractivity contribution < 1.29 is 9.13 Å². The van der Waals surface area contributed by atoms with E-state index in [1.807, 2.05) is 25.2 Å². The molecule has 8 heteroatoms. The van der Waals surface area contributed by atoms with Crippen molar-refractivity contribution in [3.8, 4) is 5.75 Å². The van der Waals surface area contributed by atoms with Crippen molar-refractivity contribution in [3.63, 3.8) is 0 Å². The summed E-state index contributed by atoms with van der Waals surface area (Å²) in [4.78, 5) is 6.54. The van der Waals surface area contributed by atoms with Crippen LogP contribution in [0, 0.1) is 0 Å². The van der Waals surface area contributed by atoms with Gasteiger partial charge in [0.05, 0.1) is 24.7 Å². The van der Waals surface area contributed by atoms with Gasteiger partial charge in [-0.15, -0.1) is 0 Å². The Labute approximate surface area is 145 Å². The molecule has 6 nitrogen and oxygen atoms in total. The lowest BCUT2D eigenvalue weighted by Gasteiger charge is -2.17. The predicted molar refractivity (Wildman–Crippen MR) is 89.8 cm³/mol. The van der Waals surface area contributed by atoms with E-state index >= 15 is 0 Å². The molecule has 0 amide bonds. The summed E-state index contributed by atoms with van der Waals surface area (Å²) >= 11 is 6.33. The third-order valence-corrected chi connectivity index (χ3v) is 4.49. The molecule has 0 radical (unpaired) electrons. The van der Waals surface area contributed by atoms with E-state index in [1.54, 1.807) is 7.11 Å². The molecule has 0 bridgehead atoms. The molecule has 1 aliphatic rings. The number of hydrogen-bond acceptors (Lipinski definition) is 5. The summed E-state index contributed by atoms with van der Waals surface area (Å²) < 4.78 is 18.5. The third kappa shape index (κ3) is 3.85. The average Bonchev–Trinajstić information content (AvgIpc) is 3.18. The van der Waals surface area contributed by atoms with E-state index in [1.165, 1.54) is 0 Å². The number of rotatable bonds is 6. The second kappa shape index (κ2) is 7.46. The van der Waals surface area contributed by atoms with Crippen LogP contribution in [0.2, 0.25) is 5.02 Å². The highest BCUT2D eigenvalue weighted by molar-refractivity contribution is 6.32. The normalized spacial score (nSPS) is 20.7. The lowest BCUT2D eigenvalue weighted by Crippen LogP contribution is -2.19. The van der Waals surface area contributed by atoms with E-state index in [2.05, 4.69) is 25.4 Å². The fourth-order valence-corrected chi connectivity index (χ4v) is 3.13. The molecular weight excluding hydrogens is 333 g/mol. The summed E-state index contributed by atoms with van der Waals surface area (Å²) in [7, 11) is 3.58. The monoisotopic (exact) mass is 353 g/mol. The molecule has 24 heavy (non-hydrogen) atoms. The SMILES string of the molecule is COc1cccc(CN(C)Cc2nc([C@H]3C[C@H](F)CN3)n[nH]2)c1Cl. The van der Waals surface area contributed by atoms with Crippen molar-refractivity contribution in [2.24, 2.45) is 0 Å². The van der Waals surface area contributed by atoms with Gasteiger partial charge in [0.1, 0.15) is 17.7 Å². The van der Waals surface area contributed by atoms with Crippen LogP contribution < -0.4 is 10.1 Å². The van der Waals surface area contributed by atoms with E-state index in [0.717, 1.165) is 11.4 Å². The number of benzene rings is 1. The number of nitrogens with zero attached hydrogens (tertiary/aromatic N) is 3. The van der Waals surface area contributed by atoms with E-state index in [4.69, 9.17) is 16.3 Å². The molecular formula is C16H21ClFN5O. The minimum atomic E-state index is -0.824. The molecule has 3 rings (SSSR count). The zero-order valence-electron chi connectivity index (χ0n) is 13.7. The second-order valence-electron chi connectivity index (χ2n) is 6.04. The Kier molecular flexibility index (Phi) is 5.33. The lowest BCUT2D eigenvalue weighted by molar-refractivity contribution is 0.310. The Balaban J connectivity index is 1.61. The van der Waals surface area contributed by atoms with Crippen molar-refractivity contribution in [3.05, 3.63) is 40.4 Å². The van der Waals surface area contributed by atoms with Gasteiger partial charge in [0.25, 0.3) is 0 Å². The number of halogens is 2. The number of nitrogens with one attached hydrogen (secondary N) is 2. The number of aromatic amines is 1. The van der Waals surface area contributed by atoms with Crippen molar-refractivity contribution in [2.75, 3.05) is 20.7 Å². The smallest absolute Gasteiger partial charge is 0.167 e. The summed E-state index contributed by atoms with van der Waals surface area (Å²) in [6.45, 7) is 1.61. The Bertz CT molecular complexity index is 695. The van der Waals surface area contributed by atoms with Gasteiger partial charge in [-0.05, 0) is 18.7 Å². The number of ether oxygens (including phenoxy) is 1. The van der Waals surface area contributed by atoms with Crippen LogP contribution in [-0.2, 0) is 13.1 Å². The van der Waals surface area contributed by atoms with Gasteiger partial charge in [-0.1, -0.05) is 23.7 Å². The molecule has 1 saturated heterocycles. The highest BCUT2D eigenvalue weighted by Gasteiger charge is 2.27. The van der Waals surface area contributed by atoms with Crippen molar-refractivity contribution in [2.45, 2.75) is 31.7 Å². The molecule has 2 atom stereocenters. The number of H-pyrrole nitrogens is 1. The van der Waals surface area contributed by atoms with Gasteiger partial charge in [-0.3, -0.25) is 10.00 Å². The summed E-state index contributed by atoms with van der Waals surface area (Å²) in [5, 5.41) is 10.8. The van der Waals surface area contributed by atoms with Gasteiger partial charge in [0.15, 0.2) is 5.82 Å². The van der Waals surface area contributed by atoms with Crippen LogP contribution in [0.4, 0.5) is 4.39 Å². The van der Waals surface area contributed by atoms with Crippen molar-refractivity contribution in [1.82, 2.24) is 25.4 Å². The van der Waals surface area contributed by atoms with Gasteiger partial charge in [0.2, 0.25) is 0 Å². The zero-order chi connectivity index (χ0) is 17.1. The minimum absolute atomic E-state index is 0.108. The lowest BCUT2D eigenvalue weighted by atomic mass is 10.2. The fourth-order valence-electron chi connectivity index (χ4n) is 2.86. The van der Waals surface area contributed by atoms with Crippen LogP contribution in [0.1, 0.15) is 29.7 Å². The molecule has 0 saturated carbocycles. The van der Waals surface area contributed by atoms with Crippen LogP contribution in [0.5, 0.6) is 5.75 Å². The van der Waals surface area contributed by atoms with Gasteiger partial charge in [-0.2, -0.15) is 5.10 Å². The predicted octanol–water partition coefficient (Wildman–Crippen LogP) is 2.47. The molecule has 0 spiro atoms. The van der Waals surface area contributed by atoms with Crippen LogP contribution in [0.25, 0.3) is 0 Å². The number of methoxy groups -OCH3 is 1. The number of aromatic nitrogens is 3. The molecule has 0 unspecified atom stereocenters. The molecule has 0 aliphatic carbocycles. The Morgan fingerprint density at radius 3 is 2.96 bits per heavy atom. The van der Waals surface area contributed by atoms with E-state index in [-0.39, 0.29) is 6.04 Å². The van der Waals surface area contributed by atoms with Crippen LogP contribution in [-0.4, -0.2) is 47.0 Å². The Hall–Kier alpha value is -1.70. The molecule has 1 aliphatic heterocycles. The maximum Gasteiger partial charge on any atom is 0.167 e. The number of alkyl halides is 1. The molecule has 130 valence electrons. The minimum Gasteiger partial charge on any atom is -0.495 e. The van der Waals surface area contributed by atoms with Gasteiger partial charge in [0, 0.05) is 19.5 Å². The molecule has 1 aromatic carbocycles. The van der Waals surface area contributed by atoms with Crippen molar-refractivity contribution in [1.29, 1.82) is 0 Å². The topological polar surface area (TPSA) is 66.1 Å². The second-order valence-corrected chi connectivity index (χ2v) is 6.42. The zero-order valence-corrected chi connectivity index (χ0v) is 14.5. The Morgan fingerprint density at radius 1 is 1.42 bits per heavy atom. The maximum atomic E-state index is 13.3. The van der Waals surface area contributed by atoms with E-state index in [0.29, 0.717) is 42.7 Å². The maximum absolute atomic E-state index is 13.3.